The predicted molar refractivity (Wildman–Crippen MR) is 49.0 cm³/mol. The largest absolute Gasteiger partial charge is 0.393 e. The molecule has 0 bridgehead atoms. The lowest BCUT2D eigenvalue weighted by Gasteiger charge is -2.42. The fraction of sp³-hybridized carbons (Fsp3) is 1.00. The highest BCUT2D eigenvalue weighted by molar-refractivity contribution is 4.91. The maximum atomic E-state index is 9.75. The first kappa shape index (κ1) is 8.52. The van der Waals surface area contributed by atoms with Crippen LogP contribution in [0.1, 0.15) is 39.0 Å². The van der Waals surface area contributed by atoms with Crippen LogP contribution in [0.4, 0.5) is 0 Å². The Hall–Kier alpha value is -0.0800. The van der Waals surface area contributed by atoms with Gasteiger partial charge >= 0.3 is 0 Å². The van der Waals surface area contributed by atoms with E-state index in [1.807, 2.05) is 0 Å². The zero-order chi connectivity index (χ0) is 8.55. The fourth-order valence-corrected chi connectivity index (χ4v) is 2.73. The highest BCUT2D eigenvalue weighted by atomic mass is 16.3. The van der Waals surface area contributed by atoms with Crippen LogP contribution in [-0.2, 0) is 0 Å². The van der Waals surface area contributed by atoms with E-state index in [0.29, 0.717) is 18.0 Å². The van der Waals surface area contributed by atoms with Crippen molar-refractivity contribution in [3.05, 3.63) is 0 Å². The highest BCUT2D eigenvalue weighted by Crippen LogP contribution is 2.32. The van der Waals surface area contributed by atoms with E-state index in [2.05, 4.69) is 12.2 Å². The van der Waals surface area contributed by atoms with Crippen LogP contribution in [0.5, 0.6) is 0 Å². The van der Waals surface area contributed by atoms with Gasteiger partial charge in [-0.25, -0.2) is 0 Å². The van der Waals surface area contributed by atoms with E-state index in [9.17, 15) is 5.11 Å². The molecule has 0 aromatic heterocycles. The number of rotatable bonds is 0. The van der Waals surface area contributed by atoms with E-state index < -0.39 is 0 Å². The Bertz CT molecular complexity index is 160. The van der Waals surface area contributed by atoms with Crippen LogP contribution in [0, 0.1) is 5.92 Å². The minimum Gasteiger partial charge on any atom is -0.393 e. The van der Waals surface area contributed by atoms with Gasteiger partial charge in [-0.3, -0.25) is 0 Å². The summed E-state index contributed by atoms with van der Waals surface area (Å²) in [7, 11) is 0. The van der Waals surface area contributed by atoms with Crippen molar-refractivity contribution >= 4 is 0 Å². The molecule has 1 aliphatic carbocycles. The number of fused-ring (bicyclic) bond motifs is 1. The second kappa shape index (κ2) is 3.35. The molecule has 0 spiro atoms. The van der Waals surface area contributed by atoms with Gasteiger partial charge < -0.3 is 10.4 Å². The van der Waals surface area contributed by atoms with Crippen molar-refractivity contribution in [2.45, 2.75) is 57.2 Å². The molecule has 2 heteroatoms. The van der Waals surface area contributed by atoms with E-state index in [1.54, 1.807) is 0 Å². The molecule has 0 amide bonds. The molecule has 2 rings (SSSR count). The number of nitrogens with one attached hydrogen (secondary N) is 1. The van der Waals surface area contributed by atoms with Crippen LogP contribution >= 0.6 is 0 Å². The molecular weight excluding hydrogens is 150 g/mol. The summed E-state index contributed by atoms with van der Waals surface area (Å²) in [4.78, 5) is 0. The summed E-state index contributed by atoms with van der Waals surface area (Å²) < 4.78 is 0. The summed E-state index contributed by atoms with van der Waals surface area (Å²) in [5.74, 6) is 0.551. The predicted octanol–water partition coefficient (Wildman–Crippen LogP) is 1.29. The average molecular weight is 169 g/mol. The summed E-state index contributed by atoms with van der Waals surface area (Å²) in [6, 6.07) is 1.27. The Kier molecular flexibility index (Phi) is 2.37. The molecule has 12 heavy (non-hydrogen) atoms. The van der Waals surface area contributed by atoms with Crippen molar-refractivity contribution in [1.29, 1.82) is 0 Å². The van der Waals surface area contributed by atoms with Gasteiger partial charge in [0, 0.05) is 18.0 Å². The van der Waals surface area contributed by atoms with E-state index in [-0.39, 0.29) is 6.10 Å². The lowest BCUT2D eigenvalue weighted by atomic mass is 9.76. The second-order valence-corrected chi connectivity index (χ2v) is 4.41. The van der Waals surface area contributed by atoms with Gasteiger partial charge in [-0.2, -0.15) is 0 Å². The lowest BCUT2D eigenvalue weighted by Crippen LogP contribution is -2.52. The van der Waals surface area contributed by atoms with Crippen LogP contribution in [0.15, 0.2) is 0 Å². The molecule has 2 aliphatic rings. The molecule has 1 saturated carbocycles. The molecule has 0 aromatic rings. The van der Waals surface area contributed by atoms with E-state index in [1.165, 1.54) is 25.7 Å². The third-order valence-electron chi connectivity index (χ3n) is 3.46. The van der Waals surface area contributed by atoms with Crippen molar-refractivity contribution < 1.29 is 5.11 Å². The average Bonchev–Trinajstić information content (AvgIpc) is 2.04. The molecule has 0 aromatic carbocycles. The van der Waals surface area contributed by atoms with Crippen LogP contribution in [0.25, 0.3) is 0 Å². The maximum absolute atomic E-state index is 9.75. The number of hydrogen-bond acceptors (Lipinski definition) is 2. The third-order valence-corrected chi connectivity index (χ3v) is 3.46. The molecule has 1 aliphatic heterocycles. The van der Waals surface area contributed by atoms with Gasteiger partial charge in [-0.05, 0) is 39.0 Å². The van der Waals surface area contributed by atoms with Gasteiger partial charge in [0.15, 0.2) is 0 Å². The first-order chi connectivity index (χ1) is 5.77. The smallest absolute Gasteiger partial charge is 0.0583 e. The van der Waals surface area contributed by atoms with Gasteiger partial charge in [0.2, 0.25) is 0 Å². The van der Waals surface area contributed by atoms with Crippen LogP contribution in [0.2, 0.25) is 0 Å². The molecule has 2 nitrogen and oxygen atoms in total. The highest BCUT2D eigenvalue weighted by Gasteiger charge is 2.35. The van der Waals surface area contributed by atoms with Gasteiger partial charge in [-0.15, -0.1) is 0 Å². The number of hydrogen-bond donors (Lipinski definition) is 2. The van der Waals surface area contributed by atoms with Crippen molar-refractivity contribution in [3.8, 4) is 0 Å². The summed E-state index contributed by atoms with van der Waals surface area (Å²) in [6.45, 7) is 2.25. The standard InChI is InChI=1S/C10H19NO/c1-7-5-6-8-9(11-7)3-2-4-10(8)12/h7-12H,2-6H2,1H3/t7-,8-,9+,10-/m1/s1. The molecular formula is C10H19NO. The maximum Gasteiger partial charge on any atom is 0.0583 e. The summed E-state index contributed by atoms with van der Waals surface area (Å²) in [5.41, 5.74) is 0. The quantitative estimate of drug-likeness (QED) is 0.572. The minimum atomic E-state index is -0.0243. The minimum absolute atomic E-state index is 0.0243. The second-order valence-electron chi connectivity index (χ2n) is 4.41. The Morgan fingerprint density at radius 1 is 1.17 bits per heavy atom. The molecule has 0 unspecified atom stereocenters. The summed E-state index contributed by atoms with van der Waals surface area (Å²) in [5, 5.41) is 13.3. The Morgan fingerprint density at radius 3 is 2.83 bits per heavy atom. The van der Waals surface area contributed by atoms with Gasteiger partial charge in [0.25, 0.3) is 0 Å². The van der Waals surface area contributed by atoms with Crippen LogP contribution < -0.4 is 5.32 Å². The molecule has 1 saturated heterocycles. The van der Waals surface area contributed by atoms with E-state index in [0.717, 1.165) is 6.42 Å². The molecule has 4 atom stereocenters. The van der Waals surface area contributed by atoms with E-state index >= 15 is 0 Å². The first-order valence-electron chi connectivity index (χ1n) is 5.21. The fourth-order valence-electron chi connectivity index (χ4n) is 2.73. The Balaban J connectivity index is 1.99. The van der Waals surface area contributed by atoms with Crippen molar-refractivity contribution in [2.24, 2.45) is 5.92 Å². The normalized spacial score (nSPS) is 48.5. The molecule has 1 heterocycles. The number of aliphatic hydroxyl groups is 1. The zero-order valence-corrected chi connectivity index (χ0v) is 7.79. The van der Waals surface area contributed by atoms with E-state index in [4.69, 9.17) is 0 Å². The molecule has 70 valence electrons. The van der Waals surface area contributed by atoms with Crippen molar-refractivity contribution in [2.75, 3.05) is 0 Å². The number of piperidine rings is 1. The van der Waals surface area contributed by atoms with Crippen LogP contribution in [0.3, 0.4) is 0 Å². The summed E-state index contributed by atoms with van der Waals surface area (Å²) >= 11 is 0. The zero-order valence-electron chi connectivity index (χ0n) is 7.79. The SMILES string of the molecule is C[C@@H]1CC[C@H]2[C@H](O)CCC[C@@H]2N1. The molecule has 2 fully saturated rings. The number of aliphatic hydroxyl groups excluding tert-OH is 1. The third kappa shape index (κ3) is 1.50. The van der Waals surface area contributed by atoms with Crippen LogP contribution in [-0.4, -0.2) is 23.3 Å². The topological polar surface area (TPSA) is 32.3 Å². The van der Waals surface area contributed by atoms with Gasteiger partial charge in [0.05, 0.1) is 6.10 Å². The molecule has 0 radical (unpaired) electrons. The first-order valence-corrected chi connectivity index (χ1v) is 5.21. The van der Waals surface area contributed by atoms with Gasteiger partial charge in [-0.1, -0.05) is 0 Å². The Labute approximate surface area is 74.4 Å². The summed E-state index contributed by atoms with van der Waals surface area (Å²) in [6.07, 6.45) is 5.92. The monoisotopic (exact) mass is 169 g/mol. The van der Waals surface area contributed by atoms with Gasteiger partial charge in [0.1, 0.15) is 0 Å². The Morgan fingerprint density at radius 2 is 2.00 bits per heavy atom. The van der Waals surface area contributed by atoms with Crippen molar-refractivity contribution in [1.82, 2.24) is 5.32 Å². The van der Waals surface area contributed by atoms with Crippen molar-refractivity contribution in [3.63, 3.8) is 0 Å². The lowest BCUT2D eigenvalue weighted by molar-refractivity contribution is 0.0229. The molecule has 2 N–H and O–H groups in total.